The van der Waals surface area contributed by atoms with Gasteiger partial charge in [-0.3, -0.25) is 0 Å². The molecule has 0 aliphatic rings. The highest BCUT2D eigenvalue weighted by atomic mass is 35.5. The molecule has 2 aromatic rings. The van der Waals surface area contributed by atoms with Crippen molar-refractivity contribution in [2.24, 2.45) is 5.16 Å². The summed E-state index contributed by atoms with van der Waals surface area (Å²) in [5.74, 6) is 2.14. The van der Waals surface area contributed by atoms with Gasteiger partial charge in [-0.15, -0.1) is 0 Å². The van der Waals surface area contributed by atoms with Gasteiger partial charge in [-0.25, -0.2) is 0 Å². The molecule has 0 saturated heterocycles. The largest absolute Gasteiger partial charge is 0.493 e. The predicted molar refractivity (Wildman–Crippen MR) is 104 cm³/mol. The van der Waals surface area contributed by atoms with Gasteiger partial charge >= 0.3 is 0 Å². The second-order valence-electron chi connectivity index (χ2n) is 6.17. The lowest BCUT2D eigenvalue weighted by atomic mass is 10.0. The van der Waals surface area contributed by atoms with Gasteiger partial charge in [0, 0.05) is 5.56 Å². The van der Waals surface area contributed by atoms with E-state index >= 15 is 0 Å². The van der Waals surface area contributed by atoms with Gasteiger partial charge < -0.3 is 19.4 Å². The minimum absolute atomic E-state index is 0.314. The van der Waals surface area contributed by atoms with Gasteiger partial charge in [-0.05, 0) is 42.2 Å². The van der Waals surface area contributed by atoms with E-state index in [1.165, 1.54) is 18.9 Å². The fraction of sp³-hybridized carbons (Fsp3) is 0.350. The molecule has 140 valence electrons. The molecule has 0 aromatic heterocycles. The van der Waals surface area contributed by atoms with Crippen LogP contribution < -0.4 is 14.2 Å². The summed E-state index contributed by atoms with van der Waals surface area (Å²) in [6, 6.07) is 9.53. The van der Waals surface area contributed by atoms with Gasteiger partial charge in [0.2, 0.25) is 0 Å². The van der Waals surface area contributed by atoms with Crippen LogP contribution in [-0.4, -0.2) is 31.7 Å². The Kier molecular flexibility index (Phi) is 7.16. The minimum atomic E-state index is 0.314. The van der Waals surface area contributed by atoms with Gasteiger partial charge in [-0.2, -0.15) is 0 Å². The van der Waals surface area contributed by atoms with Crippen molar-refractivity contribution in [2.75, 3.05) is 20.3 Å². The second kappa shape index (κ2) is 9.34. The van der Waals surface area contributed by atoms with Crippen molar-refractivity contribution in [2.45, 2.75) is 26.7 Å². The summed E-state index contributed by atoms with van der Waals surface area (Å²) in [5, 5.41) is 12.0. The molecular weight excluding hydrogens is 354 g/mol. The van der Waals surface area contributed by atoms with E-state index in [0.717, 1.165) is 11.3 Å². The van der Waals surface area contributed by atoms with Crippen LogP contribution in [0.15, 0.2) is 35.5 Å². The maximum absolute atomic E-state index is 8.64. The molecule has 0 unspecified atom stereocenters. The molecule has 26 heavy (non-hydrogen) atoms. The first-order valence-electron chi connectivity index (χ1n) is 8.37. The highest BCUT2D eigenvalue weighted by molar-refractivity contribution is 6.32. The highest BCUT2D eigenvalue weighted by Crippen LogP contribution is 2.36. The molecule has 0 bridgehead atoms. The average molecular weight is 378 g/mol. The molecule has 0 atom stereocenters. The zero-order valence-corrected chi connectivity index (χ0v) is 16.2. The van der Waals surface area contributed by atoms with Crippen LogP contribution in [-0.2, 0) is 0 Å². The molecule has 0 spiro atoms. The molecule has 0 aliphatic carbocycles. The number of oxime groups is 1. The van der Waals surface area contributed by atoms with Crippen LogP contribution in [0.25, 0.3) is 0 Å². The Hall–Kier alpha value is -2.40. The van der Waals surface area contributed by atoms with E-state index in [2.05, 4.69) is 31.1 Å². The van der Waals surface area contributed by atoms with Crippen molar-refractivity contribution >= 4 is 17.8 Å². The topological polar surface area (TPSA) is 60.3 Å². The number of hydrogen-bond acceptors (Lipinski definition) is 5. The second-order valence-corrected chi connectivity index (χ2v) is 6.58. The summed E-state index contributed by atoms with van der Waals surface area (Å²) in [7, 11) is 1.52. The maximum atomic E-state index is 8.64. The lowest BCUT2D eigenvalue weighted by Gasteiger charge is -2.16. The van der Waals surface area contributed by atoms with Gasteiger partial charge in [0.05, 0.1) is 18.3 Å². The zero-order chi connectivity index (χ0) is 19.1. The Balaban J connectivity index is 2.04. The van der Waals surface area contributed by atoms with E-state index in [0.29, 0.717) is 41.2 Å². The summed E-state index contributed by atoms with van der Waals surface area (Å²) < 4.78 is 17.0. The lowest BCUT2D eigenvalue weighted by molar-refractivity contribution is 0.210. The molecule has 1 N–H and O–H groups in total. The SMILES string of the molecule is COc1cc(C=NO)cc(Cl)c1OCCOc1cc(C)ccc1C(C)C. The fourth-order valence-electron chi connectivity index (χ4n) is 2.56. The molecule has 0 fully saturated rings. The van der Waals surface area contributed by atoms with Crippen molar-refractivity contribution in [3.63, 3.8) is 0 Å². The summed E-state index contributed by atoms with van der Waals surface area (Å²) in [6.45, 7) is 7.00. The van der Waals surface area contributed by atoms with Crippen molar-refractivity contribution < 1.29 is 19.4 Å². The van der Waals surface area contributed by atoms with E-state index < -0.39 is 0 Å². The van der Waals surface area contributed by atoms with Gasteiger partial charge in [0.25, 0.3) is 0 Å². The molecule has 2 rings (SSSR count). The van der Waals surface area contributed by atoms with E-state index in [4.69, 9.17) is 31.0 Å². The molecule has 5 nitrogen and oxygen atoms in total. The minimum Gasteiger partial charge on any atom is -0.493 e. The Morgan fingerprint density at radius 1 is 1.12 bits per heavy atom. The molecular formula is C20H24ClNO4. The van der Waals surface area contributed by atoms with Crippen molar-refractivity contribution in [1.29, 1.82) is 0 Å². The number of rotatable bonds is 8. The van der Waals surface area contributed by atoms with Gasteiger partial charge in [-0.1, -0.05) is 42.7 Å². The van der Waals surface area contributed by atoms with Gasteiger partial charge in [0.15, 0.2) is 11.5 Å². The highest BCUT2D eigenvalue weighted by Gasteiger charge is 2.12. The first-order valence-corrected chi connectivity index (χ1v) is 8.75. The predicted octanol–water partition coefficient (Wildman–Crippen LogP) is 5.05. The van der Waals surface area contributed by atoms with Crippen LogP contribution in [0.4, 0.5) is 0 Å². The number of nitrogens with zero attached hydrogens (tertiary/aromatic N) is 1. The summed E-state index contributed by atoms with van der Waals surface area (Å²) in [5.41, 5.74) is 2.93. The van der Waals surface area contributed by atoms with Crippen LogP contribution in [0.2, 0.25) is 5.02 Å². The van der Waals surface area contributed by atoms with Crippen molar-refractivity contribution in [1.82, 2.24) is 0 Å². The quantitative estimate of drug-likeness (QED) is 0.303. The normalized spacial score (nSPS) is 11.2. The van der Waals surface area contributed by atoms with Crippen LogP contribution >= 0.6 is 11.6 Å². The monoisotopic (exact) mass is 377 g/mol. The lowest BCUT2D eigenvalue weighted by Crippen LogP contribution is -2.11. The average Bonchev–Trinajstić information content (AvgIpc) is 2.59. The zero-order valence-electron chi connectivity index (χ0n) is 15.5. The van der Waals surface area contributed by atoms with Crippen molar-refractivity contribution in [3.05, 3.63) is 52.0 Å². The molecule has 0 radical (unpaired) electrons. The fourth-order valence-corrected chi connectivity index (χ4v) is 2.83. The smallest absolute Gasteiger partial charge is 0.179 e. The van der Waals surface area contributed by atoms with Crippen LogP contribution in [0.1, 0.15) is 36.5 Å². The van der Waals surface area contributed by atoms with Crippen LogP contribution in [0.3, 0.4) is 0 Å². The number of methoxy groups -OCH3 is 1. The third kappa shape index (κ3) is 5.05. The van der Waals surface area contributed by atoms with E-state index in [1.807, 2.05) is 13.0 Å². The third-order valence-corrected chi connectivity index (χ3v) is 4.12. The Morgan fingerprint density at radius 2 is 1.85 bits per heavy atom. The van der Waals surface area contributed by atoms with Crippen molar-refractivity contribution in [3.8, 4) is 17.2 Å². The van der Waals surface area contributed by atoms with Crippen LogP contribution in [0, 0.1) is 6.92 Å². The van der Waals surface area contributed by atoms with Crippen LogP contribution in [0.5, 0.6) is 17.2 Å². The Morgan fingerprint density at radius 3 is 2.50 bits per heavy atom. The molecule has 0 aliphatic heterocycles. The number of benzene rings is 2. The number of ether oxygens (including phenoxy) is 3. The molecule has 6 heteroatoms. The number of aryl methyl sites for hydroxylation is 1. The van der Waals surface area contributed by atoms with Gasteiger partial charge in [0.1, 0.15) is 19.0 Å². The summed E-state index contributed by atoms with van der Waals surface area (Å²) >= 11 is 6.24. The standard InChI is InChI=1S/C20H24ClNO4/c1-13(2)16-6-5-14(3)9-18(16)25-7-8-26-20-17(21)10-15(12-22-23)11-19(20)24-4/h5-6,9-13,23H,7-8H2,1-4H3. The number of halogens is 1. The maximum Gasteiger partial charge on any atom is 0.179 e. The molecule has 0 heterocycles. The number of hydrogen-bond donors (Lipinski definition) is 1. The summed E-state index contributed by atoms with van der Waals surface area (Å²) in [6.07, 6.45) is 1.27. The third-order valence-electron chi connectivity index (χ3n) is 3.84. The first-order chi connectivity index (χ1) is 12.5. The molecule has 0 amide bonds. The summed E-state index contributed by atoms with van der Waals surface area (Å²) in [4.78, 5) is 0. The van der Waals surface area contributed by atoms with E-state index in [1.54, 1.807) is 12.1 Å². The van der Waals surface area contributed by atoms with E-state index in [-0.39, 0.29) is 0 Å². The Bertz CT molecular complexity index is 775. The Labute approximate surface area is 159 Å². The molecule has 0 saturated carbocycles. The first kappa shape index (κ1) is 19.9. The molecule has 2 aromatic carbocycles. The van der Waals surface area contributed by atoms with E-state index in [9.17, 15) is 0 Å².